The van der Waals surface area contributed by atoms with E-state index >= 15 is 0 Å². The molecule has 0 aromatic rings. The second-order valence-corrected chi connectivity index (χ2v) is 6.25. The largest absolute Gasteiger partial charge is 0.378 e. The number of ether oxygens (including phenoxy) is 1. The first-order valence-corrected chi connectivity index (χ1v) is 7.60. The number of hydrogen-bond donors (Lipinski definition) is 1. The van der Waals surface area contributed by atoms with Gasteiger partial charge in [0.2, 0.25) is 0 Å². The van der Waals surface area contributed by atoms with Crippen LogP contribution in [0.1, 0.15) is 64.7 Å². The van der Waals surface area contributed by atoms with Gasteiger partial charge < -0.3 is 10.5 Å². The van der Waals surface area contributed by atoms with Crippen LogP contribution in [0.3, 0.4) is 0 Å². The summed E-state index contributed by atoms with van der Waals surface area (Å²) in [6.45, 7) is 4.20. The summed E-state index contributed by atoms with van der Waals surface area (Å²) < 4.78 is 5.75. The molecule has 2 N–H and O–H groups in total. The SMILES string of the molecule is CCC1CCCC(CN)(CCC2CCCO2)C1. The van der Waals surface area contributed by atoms with Gasteiger partial charge in [0.25, 0.3) is 0 Å². The van der Waals surface area contributed by atoms with E-state index in [1.807, 2.05) is 0 Å². The van der Waals surface area contributed by atoms with Gasteiger partial charge in [0.05, 0.1) is 6.10 Å². The van der Waals surface area contributed by atoms with Crippen LogP contribution in [0.4, 0.5) is 0 Å². The lowest BCUT2D eigenvalue weighted by molar-refractivity contribution is 0.0685. The van der Waals surface area contributed by atoms with Crippen LogP contribution in [-0.4, -0.2) is 19.3 Å². The van der Waals surface area contributed by atoms with Crippen LogP contribution in [-0.2, 0) is 4.74 Å². The Hall–Kier alpha value is -0.0800. The van der Waals surface area contributed by atoms with Gasteiger partial charge >= 0.3 is 0 Å². The van der Waals surface area contributed by atoms with E-state index in [0.29, 0.717) is 11.5 Å². The normalized spacial score (nSPS) is 38.5. The van der Waals surface area contributed by atoms with Crippen LogP contribution in [0.25, 0.3) is 0 Å². The predicted octanol–water partition coefficient (Wildman–Crippen LogP) is 3.49. The molecule has 2 nitrogen and oxygen atoms in total. The minimum Gasteiger partial charge on any atom is -0.378 e. The van der Waals surface area contributed by atoms with Crippen LogP contribution in [0.15, 0.2) is 0 Å². The van der Waals surface area contributed by atoms with Crippen molar-refractivity contribution in [2.75, 3.05) is 13.2 Å². The molecule has 0 bridgehead atoms. The molecule has 3 unspecified atom stereocenters. The molecular formula is C15H29NO. The molecule has 2 heteroatoms. The van der Waals surface area contributed by atoms with Crippen LogP contribution in [0.2, 0.25) is 0 Å². The van der Waals surface area contributed by atoms with Crippen molar-refractivity contribution in [3.63, 3.8) is 0 Å². The maximum atomic E-state index is 6.10. The summed E-state index contributed by atoms with van der Waals surface area (Å²) in [5.74, 6) is 0.928. The Morgan fingerprint density at radius 2 is 2.18 bits per heavy atom. The smallest absolute Gasteiger partial charge is 0.0576 e. The molecule has 1 heterocycles. The molecular weight excluding hydrogens is 210 g/mol. The molecule has 3 atom stereocenters. The average molecular weight is 239 g/mol. The van der Waals surface area contributed by atoms with Gasteiger partial charge in [-0.05, 0) is 56.4 Å². The van der Waals surface area contributed by atoms with E-state index < -0.39 is 0 Å². The van der Waals surface area contributed by atoms with Crippen molar-refractivity contribution in [2.45, 2.75) is 70.8 Å². The molecule has 2 rings (SSSR count). The van der Waals surface area contributed by atoms with Gasteiger partial charge in [-0.3, -0.25) is 0 Å². The highest BCUT2D eigenvalue weighted by Gasteiger charge is 2.35. The Morgan fingerprint density at radius 3 is 2.82 bits per heavy atom. The maximum Gasteiger partial charge on any atom is 0.0576 e. The highest BCUT2D eigenvalue weighted by molar-refractivity contribution is 4.88. The van der Waals surface area contributed by atoms with Gasteiger partial charge in [-0.1, -0.05) is 26.2 Å². The number of hydrogen-bond acceptors (Lipinski definition) is 2. The fraction of sp³-hybridized carbons (Fsp3) is 1.00. The minimum atomic E-state index is 0.449. The zero-order valence-electron chi connectivity index (χ0n) is 11.4. The van der Waals surface area contributed by atoms with Gasteiger partial charge in [0.15, 0.2) is 0 Å². The molecule has 0 spiro atoms. The van der Waals surface area contributed by atoms with Crippen LogP contribution in [0.5, 0.6) is 0 Å². The summed E-state index contributed by atoms with van der Waals surface area (Å²) in [7, 11) is 0. The van der Waals surface area contributed by atoms with Gasteiger partial charge in [-0.2, -0.15) is 0 Å². The first-order valence-electron chi connectivity index (χ1n) is 7.60. The predicted molar refractivity (Wildman–Crippen MR) is 71.9 cm³/mol. The van der Waals surface area contributed by atoms with E-state index in [1.54, 1.807) is 0 Å². The van der Waals surface area contributed by atoms with Crippen molar-refractivity contribution >= 4 is 0 Å². The van der Waals surface area contributed by atoms with E-state index in [4.69, 9.17) is 10.5 Å². The quantitative estimate of drug-likeness (QED) is 0.797. The summed E-state index contributed by atoms with van der Waals surface area (Å²) in [6.07, 6.45) is 12.5. The fourth-order valence-corrected chi connectivity index (χ4v) is 3.78. The molecule has 1 aliphatic carbocycles. The lowest BCUT2D eigenvalue weighted by Crippen LogP contribution is -2.36. The molecule has 1 aliphatic heterocycles. The third kappa shape index (κ3) is 3.45. The third-order valence-electron chi connectivity index (χ3n) is 5.07. The van der Waals surface area contributed by atoms with E-state index in [9.17, 15) is 0 Å². The molecule has 100 valence electrons. The Morgan fingerprint density at radius 1 is 1.29 bits per heavy atom. The Balaban J connectivity index is 1.84. The summed E-state index contributed by atoms with van der Waals surface area (Å²) in [6, 6.07) is 0. The summed E-state index contributed by atoms with van der Waals surface area (Å²) in [5, 5.41) is 0. The first kappa shape index (κ1) is 13.4. The van der Waals surface area contributed by atoms with E-state index in [-0.39, 0.29) is 0 Å². The minimum absolute atomic E-state index is 0.449. The maximum absolute atomic E-state index is 6.10. The van der Waals surface area contributed by atoms with Gasteiger partial charge in [-0.15, -0.1) is 0 Å². The highest BCUT2D eigenvalue weighted by atomic mass is 16.5. The molecule has 1 saturated heterocycles. The number of nitrogens with two attached hydrogens (primary N) is 1. The fourth-order valence-electron chi connectivity index (χ4n) is 3.78. The molecule has 0 aromatic heterocycles. The molecule has 1 saturated carbocycles. The van der Waals surface area contributed by atoms with Gasteiger partial charge in [0, 0.05) is 6.61 Å². The first-order chi connectivity index (χ1) is 8.28. The Labute approximate surface area is 106 Å². The van der Waals surface area contributed by atoms with Crippen molar-refractivity contribution in [1.29, 1.82) is 0 Å². The second-order valence-electron chi connectivity index (χ2n) is 6.25. The Kier molecular flexibility index (Phi) is 4.87. The standard InChI is InChI=1S/C15H29NO/c1-2-13-5-3-8-15(11-13,12-16)9-7-14-6-4-10-17-14/h13-14H,2-12,16H2,1H3. The topological polar surface area (TPSA) is 35.2 Å². The lowest BCUT2D eigenvalue weighted by Gasteiger charge is -2.40. The van der Waals surface area contributed by atoms with Gasteiger partial charge in [-0.25, -0.2) is 0 Å². The molecule has 0 radical (unpaired) electrons. The lowest BCUT2D eigenvalue weighted by atomic mass is 9.66. The molecule has 2 aliphatic rings. The highest BCUT2D eigenvalue weighted by Crippen LogP contribution is 2.43. The van der Waals surface area contributed by atoms with Crippen molar-refractivity contribution in [1.82, 2.24) is 0 Å². The third-order valence-corrected chi connectivity index (χ3v) is 5.07. The monoisotopic (exact) mass is 239 g/mol. The zero-order valence-corrected chi connectivity index (χ0v) is 11.4. The average Bonchev–Trinajstić information content (AvgIpc) is 2.90. The van der Waals surface area contributed by atoms with E-state index in [0.717, 1.165) is 19.1 Å². The molecule has 0 aromatic carbocycles. The van der Waals surface area contributed by atoms with Crippen molar-refractivity contribution in [3.05, 3.63) is 0 Å². The van der Waals surface area contributed by atoms with E-state index in [1.165, 1.54) is 57.8 Å². The van der Waals surface area contributed by atoms with Gasteiger partial charge in [0.1, 0.15) is 0 Å². The second kappa shape index (κ2) is 6.19. The van der Waals surface area contributed by atoms with E-state index in [2.05, 4.69) is 6.92 Å². The molecule has 0 amide bonds. The zero-order chi connectivity index (χ0) is 12.1. The van der Waals surface area contributed by atoms with Crippen LogP contribution < -0.4 is 5.73 Å². The van der Waals surface area contributed by atoms with Crippen molar-refractivity contribution in [2.24, 2.45) is 17.1 Å². The van der Waals surface area contributed by atoms with Crippen molar-refractivity contribution in [3.8, 4) is 0 Å². The van der Waals surface area contributed by atoms with Crippen molar-refractivity contribution < 1.29 is 4.74 Å². The van der Waals surface area contributed by atoms with Crippen LogP contribution in [0, 0.1) is 11.3 Å². The van der Waals surface area contributed by atoms with Crippen LogP contribution >= 0.6 is 0 Å². The number of rotatable bonds is 5. The summed E-state index contributed by atoms with van der Waals surface area (Å²) in [5.41, 5.74) is 6.55. The Bertz CT molecular complexity index is 225. The summed E-state index contributed by atoms with van der Waals surface area (Å²) in [4.78, 5) is 0. The summed E-state index contributed by atoms with van der Waals surface area (Å²) >= 11 is 0. The molecule has 2 fully saturated rings. The molecule has 17 heavy (non-hydrogen) atoms.